The van der Waals surface area contributed by atoms with Gasteiger partial charge < -0.3 is 14.7 Å². The Kier molecular flexibility index (Phi) is 3.28. The topological polar surface area (TPSA) is 49.8 Å². The van der Waals surface area contributed by atoms with Gasteiger partial charge in [-0.3, -0.25) is 4.79 Å². The standard InChI is InChI=1S/C18H23NO3/c1-11(20)19-8-9-22-18-16(21)10-15-13-5-3-2-4-12(13)6-7-14(15)17(18)19/h10,12-13,21H,2-9H2,1H3. The number of hydrogen-bond donors (Lipinski definition) is 1. The summed E-state index contributed by atoms with van der Waals surface area (Å²) in [6.45, 7) is 2.62. The number of carbonyl (C=O) groups excluding carboxylic acids is 1. The van der Waals surface area contributed by atoms with Crippen LogP contribution < -0.4 is 9.64 Å². The molecule has 4 rings (SSSR count). The van der Waals surface area contributed by atoms with Crippen molar-refractivity contribution in [1.82, 2.24) is 0 Å². The molecule has 1 amide bonds. The van der Waals surface area contributed by atoms with Gasteiger partial charge in [0.25, 0.3) is 0 Å². The van der Waals surface area contributed by atoms with Crippen molar-refractivity contribution in [1.29, 1.82) is 0 Å². The minimum absolute atomic E-state index is 0.0307. The molecule has 2 unspecified atom stereocenters. The van der Waals surface area contributed by atoms with E-state index in [0.717, 1.165) is 18.0 Å². The Morgan fingerprint density at radius 3 is 2.95 bits per heavy atom. The van der Waals surface area contributed by atoms with E-state index in [2.05, 4.69) is 0 Å². The molecule has 0 radical (unpaired) electrons. The highest BCUT2D eigenvalue weighted by atomic mass is 16.5. The van der Waals surface area contributed by atoms with Crippen LogP contribution in [0.25, 0.3) is 0 Å². The predicted octanol–water partition coefficient (Wildman–Crippen LogP) is 3.36. The van der Waals surface area contributed by atoms with Gasteiger partial charge in [-0.15, -0.1) is 0 Å². The second-order valence-electron chi connectivity index (χ2n) is 6.85. The first kappa shape index (κ1) is 13.9. The van der Waals surface area contributed by atoms with Gasteiger partial charge in [0.1, 0.15) is 6.61 Å². The number of benzene rings is 1. The van der Waals surface area contributed by atoms with Crippen molar-refractivity contribution < 1.29 is 14.6 Å². The molecular formula is C18H23NO3. The van der Waals surface area contributed by atoms with E-state index >= 15 is 0 Å². The molecule has 1 heterocycles. The van der Waals surface area contributed by atoms with Gasteiger partial charge in [-0.05, 0) is 54.7 Å². The smallest absolute Gasteiger partial charge is 0.224 e. The number of anilines is 1. The third-order valence-corrected chi connectivity index (χ3v) is 5.66. The first-order chi connectivity index (χ1) is 10.7. The van der Waals surface area contributed by atoms with E-state index in [0.29, 0.717) is 24.8 Å². The van der Waals surface area contributed by atoms with E-state index < -0.39 is 0 Å². The molecule has 22 heavy (non-hydrogen) atoms. The lowest BCUT2D eigenvalue weighted by Crippen LogP contribution is -2.38. The van der Waals surface area contributed by atoms with E-state index in [1.165, 1.54) is 43.2 Å². The minimum atomic E-state index is 0.0307. The summed E-state index contributed by atoms with van der Waals surface area (Å²) in [6.07, 6.45) is 7.29. The molecular weight excluding hydrogens is 278 g/mol. The number of aromatic hydroxyl groups is 1. The average molecular weight is 301 g/mol. The van der Waals surface area contributed by atoms with Crippen molar-refractivity contribution in [2.45, 2.75) is 51.4 Å². The number of phenols is 1. The number of carbonyl (C=O) groups is 1. The zero-order chi connectivity index (χ0) is 15.3. The Balaban J connectivity index is 1.88. The van der Waals surface area contributed by atoms with Gasteiger partial charge in [0.05, 0.1) is 12.2 Å². The molecule has 1 N–H and O–H groups in total. The van der Waals surface area contributed by atoms with Crippen molar-refractivity contribution in [2.75, 3.05) is 18.1 Å². The Morgan fingerprint density at radius 2 is 2.14 bits per heavy atom. The van der Waals surface area contributed by atoms with Crippen molar-refractivity contribution in [2.24, 2.45) is 5.92 Å². The summed E-state index contributed by atoms with van der Waals surface area (Å²) in [5.74, 6) is 2.03. The van der Waals surface area contributed by atoms with E-state index in [1.807, 2.05) is 6.07 Å². The highest BCUT2D eigenvalue weighted by Gasteiger charge is 2.37. The van der Waals surface area contributed by atoms with Crippen LogP contribution in [0.2, 0.25) is 0 Å². The Morgan fingerprint density at radius 1 is 1.32 bits per heavy atom. The summed E-state index contributed by atoms with van der Waals surface area (Å²) in [7, 11) is 0. The van der Waals surface area contributed by atoms with Gasteiger partial charge in [0.2, 0.25) is 5.91 Å². The van der Waals surface area contributed by atoms with Crippen molar-refractivity contribution >= 4 is 11.6 Å². The average Bonchev–Trinajstić information content (AvgIpc) is 2.54. The molecule has 1 aromatic carbocycles. The molecule has 1 saturated carbocycles. The number of rotatable bonds is 0. The van der Waals surface area contributed by atoms with Crippen LogP contribution in [-0.4, -0.2) is 24.2 Å². The van der Waals surface area contributed by atoms with Gasteiger partial charge in [0, 0.05) is 6.92 Å². The first-order valence-electron chi connectivity index (χ1n) is 8.46. The molecule has 0 aromatic heterocycles. The lowest BCUT2D eigenvalue weighted by Gasteiger charge is -2.40. The summed E-state index contributed by atoms with van der Waals surface area (Å²) < 4.78 is 5.69. The predicted molar refractivity (Wildman–Crippen MR) is 84.6 cm³/mol. The van der Waals surface area contributed by atoms with Gasteiger partial charge in [-0.1, -0.05) is 12.8 Å². The third-order valence-electron chi connectivity index (χ3n) is 5.66. The van der Waals surface area contributed by atoms with Crippen LogP contribution in [0.4, 0.5) is 5.69 Å². The van der Waals surface area contributed by atoms with E-state index in [-0.39, 0.29) is 11.7 Å². The van der Waals surface area contributed by atoms with Gasteiger partial charge in [-0.25, -0.2) is 0 Å². The van der Waals surface area contributed by atoms with Crippen LogP contribution in [0.3, 0.4) is 0 Å². The van der Waals surface area contributed by atoms with Gasteiger partial charge >= 0.3 is 0 Å². The second kappa shape index (κ2) is 5.18. The van der Waals surface area contributed by atoms with E-state index in [1.54, 1.807) is 11.8 Å². The molecule has 2 aliphatic carbocycles. The highest BCUT2D eigenvalue weighted by Crippen LogP contribution is 2.53. The zero-order valence-electron chi connectivity index (χ0n) is 13.1. The Bertz CT molecular complexity index is 625. The van der Waals surface area contributed by atoms with E-state index in [9.17, 15) is 9.90 Å². The number of phenolic OH excluding ortho intramolecular Hbond substituents is 1. The molecule has 1 fully saturated rings. The highest BCUT2D eigenvalue weighted by molar-refractivity contribution is 5.96. The summed E-state index contributed by atoms with van der Waals surface area (Å²) >= 11 is 0. The van der Waals surface area contributed by atoms with Crippen LogP contribution >= 0.6 is 0 Å². The molecule has 118 valence electrons. The lowest BCUT2D eigenvalue weighted by molar-refractivity contribution is -0.116. The third kappa shape index (κ3) is 2.00. The summed E-state index contributed by atoms with van der Waals surface area (Å²) in [6, 6.07) is 1.92. The maximum Gasteiger partial charge on any atom is 0.224 e. The number of nitrogens with zero attached hydrogens (tertiary/aromatic N) is 1. The van der Waals surface area contributed by atoms with Crippen molar-refractivity contribution in [3.05, 3.63) is 17.2 Å². The van der Waals surface area contributed by atoms with Gasteiger partial charge in [-0.2, -0.15) is 0 Å². The number of amides is 1. The SMILES string of the molecule is CC(=O)N1CCOc2c(O)cc3c(c21)CCC1CCCCC31. The molecule has 4 nitrogen and oxygen atoms in total. The number of ether oxygens (including phenoxy) is 1. The van der Waals surface area contributed by atoms with Crippen LogP contribution in [0.15, 0.2) is 6.07 Å². The fourth-order valence-electron chi connectivity index (χ4n) is 4.67. The largest absolute Gasteiger partial charge is 0.504 e. The fraction of sp³-hybridized carbons (Fsp3) is 0.611. The molecule has 2 atom stereocenters. The van der Waals surface area contributed by atoms with Crippen LogP contribution in [0.5, 0.6) is 11.5 Å². The Hall–Kier alpha value is -1.71. The first-order valence-corrected chi connectivity index (χ1v) is 8.46. The molecule has 0 spiro atoms. The molecule has 4 heteroatoms. The maximum absolute atomic E-state index is 12.0. The summed E-state index contributed by atoms with van der Waals surface area (Å²) in [4.78, 5) is 13.8. The van der Waals surface area contributed by atoms with Crippen LogP contribution in [0, 0.1) is 5.92 Å². The number of fused-ring (bicyclic) bond motifs is 5. The molecule has 1 aromatic rings. The fourth-order valence-corrected chi connectivity index (χ4v) is 4.67. The van der Waals surface area contributed by atoms with Crippen LogP contribution in [0.1, 0.15) is 56.1 Å². The zero-order valence-corrected chi connectivity index (χ0v) is 13.1. The number of hydrogen-bond acceptors (Lipinski definition) is 3. The molecule has 1 aliphatic heterocycles. The van der Waals surface area contributed by atoms with Crippen molar-refractivity contribution in [3.8, 4) is 11.5 Å². The van der Waals surface area contributed by atoms with Crippen LogP contribution in [-0.2, 0) is 11.2 Å². The van der Waals surface area contributed by atoms with E-state index in [4.69, 9.17) is 4.74 Å². The maximum atomic E-state index is 12.0. The minimum Gasteiger partial charge on any atom is -0.504 e. The monoisotopic (exact) mass is 301 g/mol. The molecule has 0 saturated heterocycles. The second-order valence-corrected chi connectivity index (χ2v) is 6.85. The van der Waals surface area contributed by atoms with Gasteiger partial charge in [0.15, 0.2) is 11.5 Å². The summed E-state index contributed by atoms with van der Waals surface area (Å²) in [5.41, 5.74) is 3.35. The lowest BCUT2D eigenvalue weighted by atomic mass is 9.67. The Labute approximate surface area is 131 Å². The van der Waals surface area contributed by atoms with Crippen molar-refractivity contribution in [3.63, 3.8) is 0 Å². The normalized spacial score (nSPS) is 26.5. The molecule has 0 bridgehead atoms. The molecule has 3 aliphatic rings. The summed E-state index contributed by atoms with van der Waals surface area (Å²) in [5, 5.41) is 10.4. The quantitative estimate of drug-likeness (QED) is 0.799.